The van der Waals surface area contributed by atoms with Crippen molar-refractivity contribution in [3.05, 3.63) is 29.8 Å². The van der Waals surface area contributed by atoms with Crippen LogP contribution in [0.2, 0.25) is 0 Å². The normalized spacial score (nSPS) is 10.2. The summed E-state index contributed by atoms with van der Waals surface area (Å²) in [5, 5.41) is 0. The molecule has 0 aliphatic heterocycles. The van der Waals surface area contributed by atoms with Crippen LogP contribution in [0.15, 0.2) is 12.1 Å². The van der Waals surface area contributed by atoms with Crippen molar-refractivity contribution in [2.24, 2.45) is 0 Å². The Bertz CT molecular complexity index is 249. The monoisotopic (exact) mass is 162 g/mol. The summed E-state index contributed by atoms with van der Waals surface area (Å²) in [5.41, 5.74) is 0. The summed E-state index contributed by atoms with van der Waals surface area (Å²) in [5.74, 6) is -2.69. The minimum absolute atomic E-state index is 0.151. The van der Waals surface area contributed by atoms with E-state index in [1.807, 2.05) is 0 Å². The van der Waals surface area contributed by atoms with Crippen LogP contribution in [0, 0.1) is 17.7 Å². The third-order valence-electron chi connectivity index (χ3n) is 1.35. The van der Waals surface area contributed by atoms with Gasteiger partial charge >= 0.3 is 11.9 Å². The number of hydrogen-bond donors (Lipinski definition) is 0. The van der Waals surface area contributed by atoms with Gasteiger partial charge in [0.2, 0.25) is 0 Å². The zero-order valence-corrected chi connectivity index (χ0v) is 5.94. The van der Waals surface area contributed by atoms with Crippen LogP contribution in [0.25, 0.3) is 0 Å². The molecule has 1 heterocycles. The maximum Gasteiger partial charge on any atom is 0.364 e. The Morgan fingerprint density at radius 3 is 2.00 bits per heavy atom. The number of hydrogen-bond acceptors (Lipinski definition) is 0. The van der Waals surface area contributed by atoms with Gasteiger partial charge in [-0.1, -0.05) is 0 Å². The summed E-state index contributed by atoms with van der Waals surface area (Å²) in [6.07, 6.45) is 0. The number of nitrogens with zero attached hydrogens (tertiary/aromatic N) is 1. The Morgan fingerprint density at radius 2 is 1.64 bits per heavy atom. The first-order valence-corrected chi connectivity index (χ1v) is 3.19. The predicted octanol–water partition coefficient (Wildman–Crippen LogP) is 1.41. The van der Waals surface area contributed by atoms with Gasteiger partial charge in [0.1, 0.15) is 5.82 Å². The number of halogens is 3. The van der Waals surface area contributed by atoms with E-state index >= 15 is 0 Å². The maximum absolute atomic E-state index is 12.6. The molecule has 0 N–H and O–H groups in total. The van der Waals surface area contributed by atoms with Crippen LogP contribution in [0.4, 0.5) is 13.2 Å². The van der Waals surface area contributed by atoms with Crippen LogP contribution < -0.4 is 4.57 Å². The van der Waals surface area contributed by atoms with E-state index in [4.69, 9.17) is 0 Å². The van der Waals surface area contributed by atoms with Gasteiger partial charge in [-0.25, -0.2) is 4.39 Å². The Morgan fingerprint density at radius 1 is 1.18 bits per heavy atom. The molecule has 0 radical (unpaired) electrons. The molecule has 1 aromatic rings. The van der Waals surface area contributed by atoms with E-state index in [2.05, 4.69) is 0 Å². The van der Waals surface area contributed by atoms with Gasteiger partial charge in [-0.3, -0.25) is 0 Å². The fraction of sp³-hybridized carbons (Fsp3) is 0.286. The molecule has 1 nitrogen and oxygen atoms in total. The Balaban J connectivity index is 3.25. The first-order chi connectivity index (χ1) is 5.15. The van der Waals surface area contributed by atoms with Crippen molar-refractivity contribution in [3.63, 3.8) is 0 Å². The molecule has 4 heteroatoms. The number of pyridine rings is 1. The second kappa shape index (κ2) is 2.90. The van der Waals surface area contributed by atoms with E-state index in [0.717, 1.165) is 4.57 Å². The standard InChI is InChI=1S/C7H7F3N/c1-2-11-6(9)3-5(8)4-7(11)10/h3-4H,2H2,1H3/q+1. The van der Waals surface area contributed by atoms with E-state index in [0.29, 0.717) is 12.1 Å². The third kappa shape index (κ3) is 1.50. The van der Waals surface area contributed by atoms with Crippen molar-refractivity contribution in [2.45, 2.75) is 13.5 Å². The number of aromatic nitrogens is 1. The minimum Gasteiger partial charge on any atom is -0.206 e. The molecule has 0 saturated carbocycles. The molecule has 0 aromatic carbocycles. The fourth-order valence-corrected chi connectivity index (χ4v) is 0.829. The van der Waals surface area contributed by atoms with Crippen LogP contribution in [0.5, 0.6) is 0 Å². The molecular weight excluding hydrogens is 155 g/mol. The van der Waals surface area contributed by atoms with Crippen molar-refractivity contribution in [3.8, 4) is 0 Å². The highest BCUT2D eigenvalue weighted by molar-refractivity contribution is 4.92. The van der Waals surface area contributed by atoms with Gasteiger partial charge in [-0.15, -0.1) is 13.3 Å². The largest absolute Gasteiger partial charge is 0.364 e. The van der Waals surface area contributed by atoms with E-state index < -0.39 is 17.7 Å². The lowest BCUT2D eigenvalue weighted by Crippen LogP contribution is -2.41. The van der Waals surface area contributed by atoms with Gasteiger partial charge in [0.05, 0.1) is 12.1 Å². The molecule has 0 spiro atoms. The van der Waals surface area contributed by atoms with Crippen molar-refractivity contribution >= 4 is 0 Å². The van der Waals surface area contributed by atoms with Gasteiger partial charge < -0.3 is 0 Å². The zero-order valence-electron chi connectivity index (χ0n) is 5.94. The zero-order chi connectivity index (χ0) is 8.43. The second-order valence-electron chi connectivity index (χ2n) is 2.06. The molecule has 0 unspecified atom stereocenters. The topological polar surface area (TPSA) is 3.88 Å². The fourth-order valence-electron chi connectivity index (χ4n) is 0.829. The highest BCUT2D eigenvalue weighted by Gasteiger charge is 2.16. The summed E-state index contributed by atoms with van der Waals surface area (Å²) >= 11 is 0. The lowest BCUT2D eigenvalue weighted by Gasteiger charge is -1.93. The van der Waals surface area contributed by atoms with Crippen molar-refractivity contribution < 1.29 is 17.7 Å². The summed E-state index contributed by atoms with van der Waals surface area (Å²) in [6.45, 7) is 1.72. The summed E-state index contributed by atoms with van der Waals surface area (Å²) in [6, 6.07) is 1.29. The predicted molar refractivity (Wildman–Crippen MR) is 32.2 cm³/mol. The first kappa shape index (κ1) is 8.04. The molecule has 0 aliphatic carbocycles. The molecule has 11 heavy (non-hydrogen) atoms. The molecule has 0 amide bonds. The van der Waals surface area contributed by atoms with E-state index in [-0.39, 0.29) is 6.54 Å². The maximum atomic E-state index is 12.6. The van der Waals surface area contributed by atoms with Gasteiger partial charge in [0, 0.05) is 0 Å². The van der Waals surface area contributed by atoms with Gasteiger partial charge in [-0.2, -0.15) is 0 Å². The Kier molecular flexibility index (Phi) is 2.12. The van der Waals surface area contributed by atoms with Crippen LogP contribution in [-0.2, 0) is 6.54 Å². The highest BCUT2D eigenvalue weighted by atomic mass is 19.1. The molecule has 0 aliphatic rings. The average Bonchev–Trinajstić information content (AvgIpc) is 1.85. The smallest absolute Gasteiger partial charge is 0.206 e. The first-order valence-electron chi connectivity index (χ1n) is 3.19. The van der Waals surface area contributed by atoms with Gasteiger partial charge in [0.15, 0.2) is 6.54 Å². The van der Waals surface area contributed by atoms with Crippen molar-refractivity contribution in [2.75, 3.05) is 0 Å². The van der Waals surface area contributed by atoms with Gasteiger partial charge in [-0.05, 0) is 6.92 Å². The molecule has 0 bridgehead atoms. The Labute approximate surface area is 62.1 Å². The third-order valence-corrected chi connectivity index (χ3v) is 1.35. The highest BCUT2D eigenvalue weighted by Crippen LogP contribution is 1.99. The lowest BCUT2D eigenvalue weighted by molar-refractivity contribution is -0.747. The molecule has 0 saturated heterocycles. The van der Waals surface area contributed by atoms with Gasteiger partial charge in [0.25, 0.3) is 0 Å². The summed E-state index contributed by atoms with van der Waals surface area (Å²) in [7, 11) is 0. The van der Waals surface area contributed by atoms with Crippen molar-refractivity contribution in [1.29, 1.82) is 0 Å². The second-order valence-corrected chi connectivity index (χ2v) is 2.06. The average molecular weight is 162 g/mol. The number of rotatable bonds is 1. The quantitative estimate of drug-likeness (QED) is 0.434. The molecule has 0 atom stereocenters. The molecular formula is C7H7F3N+. The van der Waals surface area contributed by atoms with Crippen molar-refractivity contribution in [1.82, 2.24) is 0 Å². The van der Waals surface area contributed by atoms with Crippen LogP contribution in [0.3, 0.4) is 0 Å². The van der Waals surface area contributed by atoms with E-state index in [9.17, 15) is 13.2 Å². The lowest BCUT2D eigenvalue weighted by atomic mass is 10.4. The molecule has 0 fully saturated rings. The van der Waals surface area contributed by atoms with E-state index in [1.165, 1.54) is 0 Å². The SMILES string of the molecule is CC[n+]1c(F)cc(F)cc1F. The van der Waals surface area contributed by atoms with Crippen LogP contribution in [0.1, 0.15) is 6.92 Å². The summed E-state index contributed by atoms with van der Waals surface area (Å²) < 4.78 is 38.2. The van der Waals surface area contributed by atoms with Crippen LogP contribution >= 0.6 is 0 Å². The minimum atomic E-state index is -0.898. The Hall–Kier alpha value is -1.06. The molecule has 1 rings (SSSR count). The summed E-state index contributed by atoms with van der Waals surface area (Å²) in [4.78, 5) is 0. The van der Waals surface area contributed by atoms with Crippen LogP contribution in [-0.4, -0.2) is 0 Å². The molecule has 60 valence electrons. The van der Waals surface area contributed by atoms with E-state index in [1.54, 1.807) is 6.92 Å². The molecule has 1 aromatic heterocycles.